The number of aromatic nitrogens is 3. The number of pyridine rings is 1. The number of halogens is 3. The number of hydrogen-bond donors (Lipinski definition) is 0. The number of piperidine rings is 1. The average Bonchev–Trinajstić information content (AvgIpc) is 3.24. The van der Waals surface area contributed by atoms with E-state index in [2.05, 4.69) is 15.1 Å². The maximum Gasteiger partial charge on any atom is 0.416 e. The predicted molar refractivity (Wildman–Crippen MR) is 98.5 cm³/mol. The molecule has 3 aromatic rings. The maximum atomic E-state index is 12.7. The van der Waals surface area contributed by atoms with Crippen LogP contribution in [0, 0.1) is 0 Å². The molecule has 4 rings (SSSR count). The molecular formula is C20H17F3N4O3. The Balaban J connectivity index is 1.35. The summed E-state index contributed by atoms with van der Waals surface area (Å²) in [5.41, 5.74) is -0.295. The number of alkyl halides is 3. The first kappa shape index (κ1) is 19.9. The van der Waals surface area contributed by atoms with Crippen LogP contribution in [-0.4, -0.2) is 39.2 Å². The quantitative estimate of drug-likeness (QED) is 0.622. The first-order chi connectivity index (χ1) is 14.4. The standard InChI is InChI=1S/C20H17F3N4O3/c21-20(22,23)15-5-3-13(4-6-15)17-25-18(30-26-17)14-7-10-27(11-8-14)19(28)29-16-2-1-9-24-12-16/h1-6,9,12,14H,7-8,10-11H2. The largest absolute Gasteiger partial charge is 0.416 e. The molecule has 1 fully saturated rings. The van der Waals surface area contributed by atoms with Crippen molar-refractivity contribution in [3.05, 3.63) is 60.2 Å². The van der Waals surface area contributed by atoms with Gasteiger partial charge >= 0.3 is 12.3 Å². The van der Waals surface area contributed by atoms with Crippen molar-refractivity contribution in [2.75, 3.05) is 13.1 Å². The molecule has 1 aliphatic heterocycles. The Kier molecular flexibility index (Phi) is 5.39. The van der Waals surface area contributed by atoms with E-state index in [9.17, 15) is 18.0 Å². The smallest absolute Gasteiger partial charge is 0.409 e. The van der Waals surface area contributed by atoms with Crippen molar-refractivity contribution in [3.63, 3.8) is 0 Å². The number of carbonyl (C=O) groups is 1. The number of benzene rings is 1. The summed E-state index contributed by atoms with van der Waals surface area (Å²) in [7, 11) is 0. The summed E-state index contributed by atoms with van der Waals surface area (Å²) >= 11 is 0. The lowest BCUT2D eigenvalue weighted by Crippen LogP contribution is -2.39. The Labute approximate surface area is 169 Å². The number of likely N-dealkylation sites (tertiary alicyclic amines) is 1. The van der Waals surface area contributed by atoms with E-state index in [1.165, 1.54) is 18.3 Å². The molecule has 7 nitrogen and oxygen atoms in total. The van der Waals surface area contributed by atoms with Gasteiger partial charge in [0.05, 0.1) is 11.8 Å². The highest BCUT2D eigenvalue weighted by atomic mass is 19.4. The van der Waals surface area contributed by atoms with Crippen LogP contribution in [0.1, 0.15) is 30.2 Å². The minimum Gasteiger partial charge on any atom is -0.409 e. The van der Waals surface area contributed by atoms with Crippen molar-refractivity contribution in [3.8, 4) is 17.1 Å². The second kappa shape index (κ2) is 8.13. The number of hydrogen-bond acceptors (Lipinski definition) is 6. The highest BCUT2D eigenvalue weighted by Crippen LogP contribution is 2.32. The SMILES string of the molecule is O=C(Oc1cccnc1)N1CCC(c2nc(-c3ccc(C(F)(F)F)cc3)no2)CC1. The zero-order chi connectivity index (χ0) is 21.1. The third-order valence-corrected chi connectivity index (χ3v) is 4.85. The van der Waals surface area contributed by atoms with Crippen LogP contribution < -0.4 is 4.74 Å². The molecule has 10 heteroatoms. The molecule has 0 bridgehead atoms. The van der Waals surface area contributed by atoms with Gasteiger partial charge in [0.15, 0.2) is 5.75 Å². The maximum absolute atomic E-state index is 12.7. The van der Waals surface area contributed by atoms with Crippen LogP contribution in [0.3, 0.4) is 0 Å². The lowest BCUT2D eigenvalue weighted by molar-refractivity contribution is -0.137. The molecule has 3 heterocycles. The van der Waals surface area contributed by atoms with Crippen LogP contribution in [0.5, 0.6) is 5.75 Å². The molecule has 1 aliphatic rings. The van der Waals surface area contributed by atoms with Gasteiger partial charge in [-0.05, 0) is 37.1 Å². The molecular weight excluding hydrogens is 401 g/mol. The van der Waals surface area contributed by atoms with Gasteiger partial charge in [0, 0.05) is 30.8 Å². The van der Waals surface area contributed by atoms with Crippen LogP contribution in [0.2, 0.25) is 0 Å². The summed E-state index contributed by atoms with van der Waals surface area (Å²) in [5, 5.41) is 3.88. The van der Waals surface area contributed by atoms with Gasteiger partial charge in [-0.15, -0.1) is 0 Å². The summed E-state index contributed by atoms with van der Waals surface area (Å²) in [5.74, 6) is 0.980. The number of carbonyl (C=O) groups excluding carboxylic acids is 1. The summed E-state index contributed by atoms with van der Waals surface area (Å²) in [4.78, 5) is 22.1. The monoisotopic (exact) mass is 418 g/mol. The number of amides is 1. The normalized spacial score (nSPS) is 15.2. The number of nitrogens with zero attached hydrogens (tertiary/aromatic N) is 4. The number of ether oxygens (including phenoxy) is 1. The van der Waals surface area contributed by atoms with Gasteiger partial charge in [0.2, 0.25) is 11.7 Å². The van der Waals surface area contributed by atoms with Crippen LogP contribution in [0.4, 0.5) is 18.0 Å². The van der Waals surface area contributed by atoms with E-state index in [1.54, 1.807) is 23.2 Å². The van der Waals surface area contributed by atoms with Crippen molar-refractivity contribution < 1.29 is 27.2 Å². The Hall–Kier alpha value is -3.43. The van der Waals surface area contributed by atoms with Crippen molar-refractivity contribution in [2.24, 2.45) is 0 Å². The van der Waals surface area contributed by atoms with Crippen LogP contribution in [0.25, 0.3) is 11.4 Å². The second-order valence-corrected chi connectivity index (χ2v) is 6.85. The Morgan fingerprint density at radius 3 is 2.50 bits per heavy atom. The van der Waals surface area contributed by atoms with E-state index in [0.29, 0.717) is 43.1 Å². The predicted octanol–water partition coefficient (Wildman–Crippen LogP) is 4.53. The van der Waals surface area contributed by atoms with Crippen LogP contribution in [-0.2, 0) is 6.18 Å². The van der Waals surface area contributed by atoms with Crippen LogP contribution >= 0.6 is 0 Å². The highest BCUT2D eigenvalue weighted by Gasteiger charge is 2.31. The molecule has 1 saturated heterocycles. The fraction of sp³-hybridized carbons (Fsp3) is 0.300. The average molecular weight is 418 g/mol. The molecule has 1 aromatic carbocycles. The first-order valence-corrected chi connectivity index (χ1v) is 9.28. The van der Waals surface area contributed by atoms with Crippen molar-refractivity contribution in [1.82, 2.24) is 20.0 Å². The van der Waals surface area contributed by atoms with Crippen LogP contribution in [0.15, 0.2) is 53.3 Å². The zero-order valence-electron chi connectivity index (χ0n) is 15.7. The van der Waals surface area contributed by atoms with Gasteiger partial charge in [-0.2, -0.15) is 18.2 Å². The second-order valence-electron chi connectivity index (χ2n) is 6.85. The molecule has 0 radical (unpaired) electrons. The summed E-state index contributed by atoms with van der Waals surface area (Å²) in [6, 6.07) is 7.93. The van der Waals surface area contributed by atoms with Gasteiger partial charge < -0.3 is 14.2 Å². The molecule has 0 aliphatic carbocycles. The fourth-order valence-electron chi connectivity index (χ4n) is 3.21. The molecule has 30 heavy (non-hydrogen) atoms. The first-order valence-electron chi connectivity index (χ1n) is 9.28. The zero-order valence-corrected chi connectivity index (χ0v) is 15.7. The minimum absolute atomic E-state index is 0.0388. The van der Waals surface area contributed by atoms with Crippen molar-refractivity contribution in [1.29, 1.82) is 0 Å². The Bertz CT molecular complexity index is 998. The van der Waals surface area contributed by atoms with Crippen molar-refractivity contribution in [2.45, 2.75) is 24.9 Å². The van der Waals surface area contributed by atoms with E-state index in [-0.39, 0.29) is 11.7 Å². The Morgan fingerprint density at radius 2 is 1.87 bits per heavy atom. The van der Waals surface area contributed by atoms with Gasteiger partial charge in [-0.3, -0.25) is 4.98 Å². The topological polar surface area (TPSA) is 81.4 Å². The molecule has 0 atom stereocenters. The lowest BCUT2D eigenvalue weighted by Gasteiger charge is -2.29. The Morgan fingerprint density at radius 1 is 1.13 bits per heavy atom. The fourth-order valence-corrected chi connectivity index (χ4v) is 3.21. The van der Waals surface area contributed by atoms with E-state index < -0.39 is 17.8 Å². The van der Waals surface area contributed by atoms with Gasteiger partial charge in [0.25, 0.3) is 0 Å². The molecule has 156 valence electrons. The third-order valence-electron chi connectivity index (χ3n) is 4.85. The molecule has 2 aromatic heterocycles. The molecule has 0 spiro atoms. The number of rotatable bonds is 3. The lowest BCUT2D eigenvalue weighted by atomic mass is 9.97. The van der Waals surface area contributed by atoms with E-state index in [4.69, 9.17) is 9.26 Å². The highest BCUT2D eigenvalue weighted by molar-refractivity contribution is 5.70. The van der Waals surface area contributed by atoms with E-state index >= 15 is 0 Å². The molecule has 0 saturated carbocycles. The van der Waals surface area contributed by atoms with Gasteiger partial charge in [-0.25, -0.2) is 4.79 Å². The summed E-state index contributed by atoms with van der Waals surface area (Å²) in [6.45, 7) is 0.920. The molecule has 0 N–H and O–H groups in total. The minimum atomic E-state index is -4.40. The third kappa shape index (κ3) is 4.42. The van der Waals surface area contributed by atoms with Gasteiger partial charge in [-0.1, -0.05) is 17.3 Å². The van der Waals surface area contributed by atoms with E-state index in [1.807, 2.05) is 0 Å². The molecule has 1 amide bonds. The van der Waals surface area contributed by atoms with Crippen molar-refractivity contribution >= 4 is 6.09 Å². The summed E-state index contributed by atoms with van der Waals surface area (Å²) in [6.07, 6.45) is -0.573. The van der Waals surface area contributed by atoms with Gasteiger partial charge in [0.1, 0.15) is 0 Å². The molecule has 0 unspecified atom stereocenters. The van der Waals surface area contributed by atoms with E-state index in [0.717, 1.165) is 12.1 Å². The summed E-state index contributed by atoms with van der Waals surface area (Å²) < 4.78 is 48.7.